The maximum absolute atomic E-state index is 14.2. The van der Waals surface area contributed by atoms with Crippen LogP contribution < -0.4 is 4.90 Å². The van der Waals surface area contributed by atoms with Crippen LogP contribution in [0.25, 0.3) is 0 Å². The minimum absolute atomic E-state index is 0.00381. The molecular weight excluding hydrogens is 492 g/mol. The Balaban J connectivity index is 1.41. The smallest absolute Gasteiger partial charge is 0.269 e. The van der Waals surface area contributed by atoms with Gasteiger partial charge in [-0.05, 0) is 35.2 Å². The van der Waals surface area contributed by atoms with Gasteiger partial charge in [0.15, 0.2) is 0 Å². The Hall–Kier alpha value is -3.76. The third kappa shape index (κ3) is 4.82. The summed E-state index contributed by atoms with van der Waals surface area (Å²) in [6, 6.07) is 17.5. The lowest BCUT2D eigenvalue weighted by molar-refractivity contribution is -0.384. The molecule has 192 valence electrons. The summed E-state index contributed by atoms with van der Waals surface area (Å²) in [5.41, 5.74) is 2.28. The number of rotatable bonds is 7. The van der Waals surface area contributed by atoms with Crippen molar-refractivity contribution in [2.75, 3.05) is 51.3 Å². The predicted molar refractivity (Wildman–Crippen MR) is 141 cm³/mol. The zero-order valence-corrected chi connectivity index (χ0v) is 21.3. The van der Waals surface area contributed by atoms with Crippen molar-refractivity contribution in [1.82, 2.24) is 9.80 Å². The number of hydrogen-bond donors (Lipinski definition) is 0. The monoisotopic (exact) mass is 520 g/mol. The van der Waals surface area contributed by atoms with Crippen molar-refractivity contribution in [3.63, 3.8) is 0 Å². The zero-order chi connectivity index (χ0) is 25.9. The summed E-state index contributed by atoms with van der Waals surface area (Å²) in [7, 11) is 1.61. The van der Waals surface area contributed by atoms with E-state index in [0.717, 1.165) is 16.1 Å². The van der Waals surface area contributed by atoms with Crippen molar-refractivity contribution in [3.8, 4) is 0 Å². The standard InChI is InChI=1S/C27H28N4O5S/c1-36-17-16-30-25(23-7-4-18-37-23)24(21-5-2-3-6-22(21)26(30)32)27(33)29-14-12-28(13-15-29)19-8-10-20(11-9-19)31(34)35/h2-11,18,24-25H,12-17H2,1H3/t24-,25-/m0/s1. The van der Waals surface area contributed by atoms with Crippen LogP contribution in [0.2, 0.25) is 0 Å². The van der Waals surface area contributed by atoms with Crippen LogP contribution in [-0.2, 0) is 9.53 Å². The van der Waals surface area contributed by atoms with Crippen molar-refractivity contribution in [3.05, 3.63) is 92.2 Å². The van der Waals surface area contributed by atoms with Gasteiger partial charge in [-0.25, -0.2) is 0 Å². The zero-order valence-electron chi connectivity index (χ0n) is 20.5. The lowest BCUT2D eigenvalue weighted by Gasteiger charge is -2.44. The van der Waals surface area contributed by atoms with Crippen LogP contribution in [0.3, 0.4) is 0 Å². The highest BCUT2D eigenvalue weighted by molar-refractivity contribution is 7.10. The number of thiophene rings is 1. The molecule has 2 aliphatic rings. The van der Waals surface area contributed by atoms with Crippen molar-refractivity contribution in [2.24, 2.45) is 0 Å². The summed E-state index contributed by atoms with van der Waals surface area (Å²) < 4.78 is 5.30. The van der Waals surface area contributed by atoms with Gasteiger partial charge >= 0.3 is 0 Å². The van der Waals surface area contributed by atoms with Crippen molar-refractivity contribution < 1.29 is 19.2 Å². The molecule has 2 aliphatic heterocycles. The fourth-order valence-electron chi connectivity index (χ4n) is 5.24. The quantitative estimate of drug-likeness (QED) is 0.346. The maximum Gasteiger partial charge on any atom is 0.269 e. The minimum atomic E-state index is -0.518. The van der Waals surface area contributed by atoms with E-state index in [9.17, 15) is 19.7 Å². The largest absolute Gasteiger partial charge is 0.383 e. The molecule has 1 fully saturated rings. The first kappa shape index (κ1) is 24.9. The average Bonchev–Trinajstić information content (AvgIpc) is 3.47. The third-order valence-electron chi connectivity index (χ3n) is 7.09. The van der Waals surface area contributed by atoms with E-state index in [0.29, 0.717) is 44.9 Å². The topological polar surface area (TPSA) is 96.2 Å². The van der Waals surface area contributed by atoms with Gasteiger partial charge in [-0.3, -0.25) is 19.7 Å². The number of hydrogen-bond acceptors (Lipinski definition) is 7. The molecule has 3 aromatic rings. The van der Waals surface area contributed by atoms with E-state index in [4.69, 9.17) is 4.74 Å². The highest BCUT2D eigenvalue weighted by Crippen LogP contribution is 2.45. The number of benzene rings is 2. The van der Waals surface area contributed by atoms with Crippen molar-refractivity contribution >= 4 is 34.5 Å². The Kier molecular flexibility index (Phi) is 7.20. The summed E-state index contributed by atoms with van der Waals surface area (Å²) in [6.07, 6.45) is 0. The van der Waals surface area contributed by atoms with Gasteiger partial charge in [-0.1, -0.05) is 24.3 Å². The summed E-state index contributed by atoms with van der Waals surface area (Å²) in [5, 5.41) is 12.9. The van der Waals surface area contributed by atoms with Crippen molar-refractivity contribution in [1.29, 1.82) is 0 Å². The van der Waals surface area contributed by atoms with E-state index < -0.39 is 16.9 Å². The van der Waals surface area contributed by atoms with Gasteiger partial charge in [0.25, 0.3) is 11.6 Å². The first-order valence-electron chi connectivity index (χ1n) is 12.2. The molecule has 3 heterocycles. The number of methoxy groups -OCH3 is 1. The summed E-state index contributed by atoms with van der Waals surface area (Å²) >= 11 is 1.55. The van der Waals surface area contributed by atoms with Crippen LogP contribution in [0.4, 0.5) is 11.4 Å². The Morgan fingerprint density at radius 3 is 2.43 bits per heavy atom. The van der Waals surface area contributed by atoms with Crippen LogP contribution in [0.15, 0.2) is 66.0 Å². The molecule has 37 heavy (non-hydrogen) atoms. The van der Waals surface area contributed by atoms with Gasteiger partial charge < -0.3 is 19.4 Å². The average molecular weight is 521 g/mol. The summed E-state index contributed by atoms with van der Waals surface area (Å²) in [6.45, 7) is 3.06. The van der Waals surface area contributed by atoms with E-state index >= 15 is 0 Å². The lowest BCUT2D eigenvalue weighted by atomic mass is 9.81. The van der Waals surface area contributed by atoms with Gasteiger partial charge in [-0.2, -0.15) is 0 Å². The highest BCUT2D eigenvalue weighted by atomic mass is 32.1. The molecule has 0 aliphatic carbocycles. The Bertz CT molecular complexity index is 1270. The van der Waals surface area contributed by atoms with Gasteiger partial charge in [-0.15, -0.1) is 11.3 Å². The second-order valence-corrected chi connectivity index (χ2v) is 10.1. The first-order chi connectivity index (χ1) is 18.0. The Morgan fingerprint density at radius 2 is 1.78 bits per heavy atom. The number of non-ortho nitro benzene ring substituents is 1. The number of nitrogens with zero attached hydrogens (tertiary/aromatic N) is 4. The van der Waals surface area contributed by atoms with Crippen LogP contribution in [0, 0.1) is 10.1 Å². The summed E-state index contributed by atoms with van der Waals surface area (Å²) in [5.74, 6) is -0.600. The molecule has 0 unspecified atom stereocenters. The molecular formula is C27H28N4O5S. The molecule has 2 aromatic carbocycles. The van der Waals surface area contributed by atoms with Gasteiger partial charge in [0.1, 0.15) is 0 Å². The molecule has 1 saturated heterocycles. The van der Waals surface area contributed by atoms with Crippen LogP contribution in [0.5, 0.6) is 0 Å². The fourth-order valence-corrected chi connectivity index (χ4v) is 6.11. The van der Waals surface area contributed by atoms with E-state index in [1.54, 1.807) is 41.5 Å². The van der Waals surface area contributed by atoms with E-state index in [2.05, 4.69) is 4.90 Å². The maximum atomic E-state index is 14.2. The number of piperazine rings is 1. The van der Waals surface area contributed by atoms with Crippen molar-refractivity contribution in [2.45, 2.75) is 12.0 Å². The van der Waals surface area contributed by atoms with Gasteiger partial charge in [0.05, 0.1) is 23.5 Å². The van der Waals surface area contributed by atoms with Gasteiger partial charge in [0.2, 0.25) is 5.91 Å². The van der Waals surface area contributed by atoms with E-state index in [1.807, 2.05) is 40.6 Å². The Labute approximate surface area is 219 Å². The van der Waals surface area contributed by atoms with Crippen LogP contribution in [0.1, 0.15) is 32.8 Å². The molecule has 0 N–H and O–H groups in total. The van der Waals surface area contributed by atoms with E-state index in [-0.39, 0.29) is 17.5 Å². The number of fused-ring (bicyclic) bond motifs is 1. The Morgan fingerprint density at radius 1 is 1.05 bits per heavy atom. The minimum Gasteiger partial charge on any atom is -0.383 e. The normalized spacial score (nSPS) is 19.6. The fraction of sp³-hybridized carbons (Fsp3) is 0.333. The first-order valence-corrected chi connectivity index (χ1v) is 13.1. The second-order valence-electron chi connectivity index (χ2n) is 9.10. The number of carbonyl (C=O) groups is 2. The third-order valence-corrected chi connectivity index (χ3v) is 8.04. The molecule has 5 rings (SSSR count). The number of anilines is 1. The number of carbonyl (C=O) groups excluding carboxylic acids is 2. The van der Waals surface area contributed by atoms with Gasteiger partial charge in [0, 0.05) is 68.1 Å². The van der Waals surface area contributed by atoms with E-state index in [1.165, 1.54) is 12.1 Å². The number of amides is 2. The molecule has 10 heteroatoms. The molecule has 0 saturated carbocycles. The number of ether oxygens (including phenoxy) is 1. The summed E-state index contributed by atoms with van der Waals surface area (Å²) in [4.78, 5) is 45.1. The molecule has 2 amide bonds. The predicted octanol–water partition coefficient (Wildman–Crippen LogP) is 3.93. The van der Waals surface area contributed by atoms with Crippen LogP contribution in [-0.4, -0.2) is 73.0 Å². The number of nitro groups is 1. The highest BCUT2D eigenvalue weighted by Gasteiger charge is 2.46. The lowest BCUT2D eigenvalue weighted by Crippen LogP contribution is -2.53. The molecule has 0 bridgehead atoms. The molecule has 1 aromatic heterocycles. The molecule has 2 atom stereocenters. The molecule has 0 spiro atoms. The molecule has 9 nitrogen and oxygen atoms in total. The van der Waals surface area contributed by atoms with Crippen LogP contribution >= 0.6 is 11.3 Å². The number of nitro benzene ring substituents is 1. The SMILES string of the molecule is COCCN1C(=O)c2ccccc2[C@H](C(=O)N2CCN(c3ccc([N+](=O)[O-])cc3)CC2)[C@@H]1c1cccs1. The molecule has 0 radical (unpaired) electrons. The second kappa shape index (κ2) is 10.7.